The van der Waals surface area contributed by atoms with Gasteiger partial charge in [-0.25, -0.2) is 0 Å². The van der Waals surface area contributed by atoms with Crippen LogP contribution in [0.5, 0.6) is 0 Å². The van der Waals surface area contributed by atoms with Crippen molar-refractivity contribution < 1.29 is 4.79 Å². The zero-order chi connectivity index (χ0) is 12.2. The van der Waals surface area contributed by atoms with Gasteiger partial charge in [0.1, 0.15) is 0 Å². The molecule has 1 fully saturated rings. The molecule has 1 aliphatic rings. The summed E-state index contributed by atoms with van der Waals surface area (Å²) in [5.74, 6) is 0.0965. The molecule has 0 aromatic heterocycles. The fourth-order valence-electron chi connectivity index (χ4n) is 2.13. The minimum absolute atomic E-state index is 0.0965. The Bertz CT molecular complexity index is 238. The Kier molecular flexibility index (Phi) is 5.12. The molecule has 16 heavy (non-hydrogen) atoms. The van der Waals surface area contributed by atoms with Gasteiger partial charge < -0.3 is 10.6 Å². The summed E-state index contributed by atoms with van der Waals surface area (Å²) in [6.45, 7) is 6.46. The van der Waals surface area contributed by atoms with E-state index in [2.05, 4.69) is 16.9 Å². The summed E-state index contributed by atoms with van der Waals surface area (Å²) < 4.78 is 0. The van der Waals surface area contributed by atoms with Gasteiger partial charge in [0.25, 0.3) is 0 Å². The highest BCUT2D eigenvalue weighted by Crippen LogP contribution is 2.28. The van der Waals surface area contributed by atoms with Crippen molar-refractivity contribution in [3.63, 3.8) is 0 Å². The summed E-state index contributed by atoms with van der Waals surface area (Å²) in [6.07, 6.45) is 5.91. The number of rotatable bonds is 4. The van der Waals surface area contributed by atoms with E-state index in [4.69, 9.17) is 0 Å². The van der Waals surface area contributed by atoms with E-state index in [0.29, 0.717) is 17.8 Å². The van der Waals surface area contributed by atoms with Crippen molar-refractivity contribution in [3.8, 4) is 0 Å². The standard InChI is InChI=1S/C12H24N2OS/c1-12(2,3)14-11(15)8-13-9-6-5-7-10(9)16-4/h9-10,13H,5-8H2,1-4H3,(H,14,15). The fraction of sp³-hybridized carbons (Fsp3) is 0.917. The quantitative estimate of drug-likeness (QED) is 0.792. The van der Waals surface area contributed by atoms with E-state index in [9.17, 15) is 4.79 Å². The normalized spacial score (nSPS) is 25.8. The van der Waals surface area contributed by atoms with Gasteiger partial charge in [-0.3, -0.25) is 4.79 Å². The van der Waals surface area contributed by atoms with E-state index in [1.807, 2.05) is 32.5 Å². The fourth-order valence-corrected chi connectivity index (χ4v) is 3.09. The zero-order valence-corrected chi connectivity index (χ0v) is 11.6. The first-order chi connectivity index (χ1) is 7.42. The Morgan fingerprint density at radius 3 is 2.62 bits per heavy atom. The third kappa shape index (κ3) is 4.74. The molecule has 2 N–H and O–H groups in total. The van der Waals surface area contributed by atoms with E-state index < -0.39 is 0 Å². The van der Waals surface area contributed by atoms with Crippen molar-refractivity contribution in [1.82, 2.24) is 10.6 Å². The molecule has 0 saturated heterocycles. The van der Waals surface area contributed by atoms with Gasteiger partial charge in [-0.15, -0.1) is 0 Å². The molecule has 1 rings (SSSR count). The number of thioether (sulfide) groups is 1. The van der Waals surface area contributed by atoms with Crippen molar-refractivity contribution in [2.45, 2.75) is 56.9 Å². The van der Waals surface area contributed by atoms with Gasteiger partial charge in [0.05, 0.1) is 6.54 Å². The number of hydrogen-bond donors (Lipinski definition) is 2. The van der Waals surface area contributed by atoms with Crippen LogP contribution in [0, 0.1) is 0 Å². The van der Waals surface area contributed by atoms with Crippen LogP contribution in [0.1, 0.15) is 40.0 Å². The molecule has 1 saturated carbocycles. The number of hydrogen-bond acceptors (Lipinski definition) is 3. The molecule has 3 nitrogen and oxygen atoms in total. The van der Waals surface area contributed by atoms with Gasteiger partial charge in [-0.05, 0) is 39.9 Å². The second kappa shape index (κ2) is 5.92. The van der Waals surface area contributed by atoms with Crippen LogP contribution in [-0.4, -0.2) is 35.5 Å². The van der Waals surface area contributed by atoms with Crippen LogP contribution in [0.4, 0.5) is 0 Å². The summed E-state index contributed by atoms with van der Waals surface area (Å²) in [5.41, 5.74) is -0.132. The highest BCUT2D eigenvalue weighted by Gasteiger charge is 2.26. The SMILES string of the molecule is CSC1CCCC1NCC(=O)NC(C)(C)C. The van der Waals surface area contributed by atoms with E-state index in [1.165, 1.54) is 19.3 Å². The average Bonchev–Trinajstić information content (AvgIpc) is 2.59. The lowest BCUT2D eigenvalue weighted by atomic mass is 10.1. The van der Waals surface area contributed by atoms with Crippen LogP contribution in [0.15, 0.2) is 0 Å². The topological polar surface area (TPSA) is 41.1 Å². The molecule has 2 atom stereocenters. The average molecular weight is 244 g/mol. The second-order valence-electron chi connectivity index (χ2n) is 5.49. The summed E-state index contributed by atoms with van der Waals surface area (Å²) in [5, 5.41) is 7.02. The Hall–Kier alpha value is -0.220. The third-order valence-corrected chi connectivity index (χ3v) is 3.96. The molecule has 0 aliphatic heterocycles. The zero-order valence-electron chi connectivity index (χ0n) is 10.8. The molecule has 2 unspecified atom stereocenters. The summed E-state index contributed by atoms with van der Waals surface area (Å²) in [6, 6.07) is 0.515. The smallest absolute Gasteiger partial charge is 0.234 e. The Morgan fingerprint density at radius 1 is 1.38 bits per heavy atom. The first-order valence-corrected chi connectivity index (χ1v) is 7.28. The number of carbonyl (C=O) groups is 1. The largest absolute Gasteiger partial charge is 0.350 e. The molecule has 1 aliphatic carbocycles. The number of nitrogens with one attached hydrogen (secondary N) is 2. The highest BCUT2D eigenvalue weighted by atomic mass is 32.2. The Balaban J connectivity index is 2.26. The van der Waals surface area contributed by atoms with Crippen molar-refractivity contribution in [2.24, 2.45) is 0 Å². The van der Waals surface area contributed by atoms with Crippen LogP contribution < -0.4 is 10.6 Å². The lowest BCUT2D eigenvalue weighted by molar-refractivity contribution is -0.121. The summed E-state index contributed by atoms with van der Waals surface area (Å²) in [4.78, 5) is 11.6. The molecule has 0 bridgehead atoms. The number of carbonyl (C=O) groups excluding carboxylic acids is 1. The van der Waals surface area contributed by atoms with Gasteiger partial charge >= 0.3 is 0 Å². The third-order valence-electron chi connectivity index (χ3n) is 2.79. The first-order valence-electron chi connectivity index (χ1n) is 5.99. The predicted molar refractivity (Wildman–Crippen MR) is 70.8 cm³/mol. The molecule has 0 heterocycles. The van der Waals surface area contributed by atoms with Crippen LogP contribution in [0.25, 0.3) is 0 Å². The highest BCUT2D eigenvalue weighted by molar-refractivity contribution is 7.99. The second-order valence-corrected chi connectivity index (χ2v) is 6.57. The molecule has 0 spiro atoms. The molecule has 0 aromatic carbocycles. The summed E-state index contributed by atoms with van der Waals surface area (Å²) >= 11 is 1.91. The van der Waals surface area contributed by atoms with Crippen LogP contribution in [0.3, 0.4) is 0 Å². The van der Waals surface area contributed by atoms with Gasteiger partial charge in [0, 0.05) is 16.8 Å². The predicted octanol–water partition coefficient (Wildman–Crippen LogP) is 1.77. The van der Waals surface area contributed by atoms with Crippen molar-refractivity contribution >= 4 is 17.7 Å². The van der Waals surface area contributed by atoms with Gasteiger partial charge in [0.15, 0.2) is 0 Å². The lowest BCUT2D eigenvalue weighted by Gasteiger charge is -2.23. The van der Waals surface area contributed by atoms with Gasteiger partial charge in [-0.1, -0.05) is 6.42 Å². The Labute approximate surface area is 103 Å². The monoisotopic (exact) mass is 244 g/mol. The van der Waals surface area contributed by atoms with E-state index in [-0.39, 0.29) is 11.4 Å². The molecule has 94 valence electrons. The minimum Gasteiger partial charge on any atom is -0.350 e. The van der Waals surface area contributed by atoms with Crippen molar-refractivity contribution in [3.05, 3.63) is 0 Å². The molecular weight excluding hydrogens is 220 g/mol. The maximum absolute atomic E-state index is 11.6. The van der Waals surface area contributed by atoms with Gasteiger partial charge in [-0.2, -0.15) is 11.8 Å². The Morgan fingerprint density at radius 2 is 2.06 bits per heavy atom. The lowest BCUT2D eigenvalue weighted by Crippen LogP contribution is -2.47. The molecule has 4 heteroatoms. The molecular formula is C12H24N2OS. The van der Waals surface area contributed by atoms with Crippen molar-refractivity contribution in [1.29, 1.82) is 0 Å². The molecule has 0 radical (unpaired) electrons. The van der Waals surface area contributed by atoms with Crippen molar-refractivity contribution in [2.75, 3.05) is 12.8 Å². The van der Waals surface area contributed by atoms with Crippen LogP contribution >= 0.6 is 11.8 Å². The molecule has 0 aromatic rings. The first kappa shape index (κ1) is 13.8. The maximum atomic E-state index is 11.6. The van der Waals surface area contributed by atoms with Gasteiger partial charge in [0.2, 0.25) is 5.91 Å². The van der Waals surface area contributed by atoms with E-state index >= 15 is 0 Å². The van der Waals surface area contributed by atoms with E-state index in [1.54, 1.807) is 0 Å². The minimum atomic E-state index is -0.132. The van der Waals surface area contributed by atoms with E-state index in [0.717, 1.165) is 0 Å². The summed E-state index contributed by atoms with van der Waals surface area (Å²) in [7, 11) is 0. The van der Waals surface area contributed by atoms with Crippen LogP contribution in [0.2, 0.25) is 0 Å². The van der Waals surface area contributed by atoms with Crippen LogP contribution in [-0.2, 0) is 4.79 Å². The molecule has 1 amide bonds. The number of amides is 1. The maximum Gasteiger partial charge on any atom is 0.234 e.